The van der Waals surface area contributed by atoms with Crippen molar-refractivity contribution in [3.05, 3.63) is 0 Å². The summed E-state index contributed by atoms with van der Waals surface area (Å²) in [6, 6.07) is 0. The maximum atomic E-state index is 5.98. The van der Waals surface area contributed by atoms with Crippen molar-refractivity contribution in [1.29, 1.82) is 0 Å². The summed E-state index contributed by atoms with van der Waals surface area (Å²) in [5, 5.41) is 0. The number of hydrogen-bond acceptors (Lipinski definition) is 4. The Kier molecular flexibility index (Phi) is 4.18. The van der Waals surface area contributed by atoms with Crippen molar-refractivity contribution >= 4 is 23.2 Å². The summed E-state index contributed by atoms with van der Waals surface area (Å²) < 4.78 is 23.4. The molecule has 0 N–H and O–H groups in total. The Morgan fingerprint density at radius 3 is 1.33 bits per heavy atom. The highest BCUT2D eigenvalue weighted by Crippen LogP contribution is 2.38. The van der Waals surface area contributed by atoms with E-state index >= 15 is 0 Å². The largest absolute Gasteiger partial charge is 0.343 e. The van der Waals surface area contributed by atoms with Crippen LogP contribution in [0.2, 0.25) is 0 Å². The molecule has 4 nitrogen and oxygen atoms in total. The molecule has 6 heteroatoms. The SMILES string of the molecule is CC1(C)O[C@H]2[C@@H](OC(C)(C)O[C@@H]2CCl)[C@H](CCl)O1. The molecule has 0 aromatic carbocycles. The number of halogens is 2. The zero-order valence-corrected chi connectivity index (χ0v) is 12.6. The molecule has 0 radical (unpaired) electrons. The summed E-state index contributed by atoms with van der Waals surface area (Å²) in [5.41, 5.74) is 0. The molecule has 0 spiro atoms. The van der Waals surface area contributed by atoms with E-state index in [9.17, 15) is 0 Å². The van der Waals surface area contributed by atoms with Crippen LogP contribution >= 0.6 is 23.2 Å². The van der Waals surface area contributed by atoms with E-state index < -0.39 is 11.6 Å². The number of ether oxygens (including phenoxy) is 4. The lowest BCUT2D eigenvalue weighted by molar-refractivity contribution is -0.417. The Hall–Kier alpha value is 0.420. The molecule has 0 amide bonds. The Labute approximate surface area is 118 Å². The Morgan fingerprint density at radius 2 is 1.06 bits per heavy atom. The number of alkyl halides is 2. The normalized spacial score (nSPS) is 42.3. The van der Waals surface area contributed by atoms with E-state index in [-0.39, 0.29) is 24.4 Å². The van der Waals surface area contributed by atoms with Crippen LogP contribution in [0.1, 0.15) is 27.7 Å². The third-order valence-corrected chi connectivity index (χ3v) is 3.68. The second-order valence-corrected chi connectivity index (χ2v) is 6.20. The fourth-order valence-electron chi connectivity index (χ4n) is 2.52. The first kappa shape index (κ1) is 14.8. The van der Waals surface area contributed by atoms with Crippen LogP contribution < -0.4 is 0 Å². The van der Waals surface area contributed by atoms with E-state index in [0.29, 0.717) is 11.8 Å². The summed E-state index contributed by atoms with van der Waals surface area (Å²) in [4.78, 5) is 0. The second-order valence-electron chi connectivity index (χ2n) is 5.59. The molecule has 0 bridgehead atoms. The number of rotatable bonds is 2. The van der Waals surface area contributed by atoms with Gasteiger partial charge in [0, 0.05) is 0 Å². The minimum atomic E-state index is -0.709. The average molecular weight is 299 g/mol. The van der Waals surface area contributed by atoms with Gasteiger partial charge in [-0.3, -0.25) is 0 Å². The van der Waals surface area contributed by atoms with Gasteiger partial charge in [-0.15, -0.1) is 23.2 Å². The van der Waals surface area contributed by atoms with E-state index in [1.165, 1.54) is 0 Å². The van der Waals surface area contributed by atoms with Crippen LogP contribution in [0.3, 0.4) is 0 Å². The monoisotopic (exact) mass is 298 g/mol. The highest BCUT2D eigenvalue weighted by Gasteiger charge is 2.53. The van der Waals surface area contributed by atoms with Gasteiger partial charge >= 0.3 is 0 Å². The summed E-state index contributed by atoms with van der Waals surface area (Å²) in [7, 11) is 0. The lowest BCUT2D eigenvalue weighted by atomic mass is 9.99. The van der Waals surface area contributed by atoms with Crippen molar-refractivity contribution in [3.63, 3.8) is 0 Å². The summed E-state index contributed by atoms with van der Waals surface area (Å²) in [6.45, 7) is 7.42. The van der Waals surface area contributed by atoms with E-state index in [1.54, 1.807) is 0 Å². The first-order chi connectivity index (χ1) is 8.28. The van der Waals surface area contributed by atoms with Gasteiger partial charge in [0.05, 0.1) is 11.8 Å². The molecular weight excluding hydrogens is 279 g/mol. The van der Waals surface area contributed by atoms with Crippen LogP contribution in [-0.4, -0.2) is 47.8 Å². The highest BCUT2D eigenvalue weighted by atomic mass is 35.5. The molecule has 106 valence electrons. The van der Waals surface area contributed by atoms with E-state index in [1.807, 2.05) is 27.7 Å². The van der Waals surface area contributed by atoms with Crippen molar-refractivity contribution in [3.8, 4) is 0 Å². The van der Waals surface area contributed by atoms with Gasteiger partial charge in [0.2, 0.25) is 0 Å². The summed E-state index contributed by atoms with van der Waals surface area (Å²) in [5.74, 6) is -0.726. The predicted octanol–water partition coefficient (Wildman–Crippen LogP) is 2.50. The molecule has 2 fully saturated rings. The Balaban J connectivity index is 2.24. The first-order valence-electron chi connectivity index (χ1n) is 6.11. The second kappa shape index (κ2) is 5.08. The number of hydrogen-bond donors (Lipinski definition) is 0. The number of fused-ring (bicyclic) bond motifs is 1. The van der Waals surface area contributed by atoms with Crippen LogP contribution in [0.4, 0.5) is 0 Å². The fraction of sp³-hybridized carbons (Fsp3) is 1.00. The zero-order valence-electron chi connectivity index (χ0n) is 11.1. The molecule has 2 heterocycles. The maximum Gasteiger partial charge on any atom is 0.163 e. The Bertz CT molecular complexity index is 278. The van der Waals surface area contributed by atoms with Crippen LogP contribution in [-0.2, 0) is 18.9 Å². The van der Waals surface area contributed by atoms with Gasteiger partial charge in [-0.1, -0.05) is 0 Å². The maximum absolute atomic E-state index is 5.98. The third-order valence-electron chi connectivity index (χ3n) is 3.07. The third kappa shape index (κ3) is 2.94. The molecule has 0 aromatic heterocycles. The van der Waals surface area contributed by atoms with Crippen LogP contribution in [0, 0.1) is 0 Å². The molecule has 2 saturated heterocycles. The standard InChI is InChI=1S/C12H20Cl2O4/c1-11(2)15-7(5-13)10-9(17-11)8(6-14)16-12(3,4)18-10/h7-10H,5-6H2,1-4H3/t7-,8+,9+,10-. The van der Waals surface area contributed by atoms with Gasteiger partial charge in [-0.2, -0.15) is 0 Å². The molecule has 4 atom stereocenters. The smallest absolute Gasteiger partial charge is 0.163 e. The van der Waals surface area contributed by atoms with Gasteiger partial charge in [-0.05, 0) is 27.7 Å². The van der Waals surface area contributed by atoms with Crippen molar-refractivity contribution in [2.24, 2.45) is 0 Å². The fourth-order valence-corrected chi connectivity index (χ4v) is 3.00. The zero-order chi connectivity index (χ0) is 13.6. The van der Waals surface area contributed by atoms with Crippen LogP contribution in [0.5, 0.6) is 0 Å². The minimum Gasteiger partial charge on any atom is -0.343 e. The molecule has 2 aliphatic heterocycles. The molecule has 0 saturated carbocycles. The summed E-state index contributed by atoms with van der Waals surface area (Å²) in [6.07, 6.45) is -0.977. The molecule has 18 heavy (non-hydrogen) atoms. The van der Waals surface area contributed by atoms with E-state index in [2.05, 4.69) is 0 Å². The van der Waals surface area contributed by atoms with Crippen molar-refractivity contribution in [2.45, 2.75) is 63.7 Å². The molecule has 2 aliphatic rings. The van der Waals surface area contributed by atoms with Crippen LogP contribution in [0.25, 0.3) is 0 Å². The van der Waals surface area contributed by atoms with Crippen molar-refractivity contribution in [1.82, 2.24) is 0 Å². The highest BCUT2D eigenvalue weighted by molar-refractivity contribution is 6.18. The van der Waals surface area contributed by atoms with E-state index in [0.717, 1.165) is 0 Å². The summed E-state index contributed by atoms with van der Waals surface area (Å²) >= 11 is 12.0. The predicted molar refractivity (Wildman–Crippen MR) is 69.1 cm³/mol. The molecule has 0 aliphatic carbocycles. The average Bonchev–Trinajstić information content (AvgIpc) is 2.26. The van der Waals surface area contributed by atoms with Crippen molar-refractivity contribution in [2.75, 3.05) is 11.8 Å². The van der Waals surface area contributed by atoms with Gasteiger partial charge in [0.25, 0.3) is 0 Å². The van der Waals surface area contributed by atoms with Crippen LogP contribution in [0.15, 0.2) is 0 Å². The Morgan fingerprint density at radius 1 is 0.722 bits per heavy atom. The molecule has 0 aromatic rings. The first-order valence-corrected chi connectivity index (χ1v) is 7.18. The van der Waals surface area contributed by atoms with Gasteiger partial charge < -0.3 is 18.9 Å². The van der Waals surface area contributed by atoms with Gasteiger partial charge in [0.15, 0.2) is 11.6 Å². The van der Waals surface area contributed by atoms with Gasteiger partial charge in [0.1, 0.15) is 24.4 Å². The molecule has 0 unspecified atom stereocenters. The molecular formula is C12H20Cl2O4. The quantitative estimate of drug-likeness (QED) is 0.734. The molecule has 2 rings (SSSR count). The topological polar surface area (TPSA) is 36.9 Å². The van der Waals surface area contributed by atoms with Crippen molar-refractivity contribution < 1.29 is 18.9 Å². The van der Waals surface area contributed by atoms with E-state index in [4.69, 9.17) is 42.1 Å². The lowest BCUT2D eigenvalue weighted by Crippen LogP contribution is -2.66. The minimum absolute atomic E-state index is 0.227. The lowest BCUT2D eigenvalue weighted by Gasteiger charge is -2.53. The van der Waals surface area contributed by atoms with Gasteiger partial charge in [-0.25, -0.2) is 0 Å².